The van der Waals surface area contributed by atoms with Gasteiger partial charge in [0.05, 0.1) is 17.3 Å². The zero-order valence-corrected chi connectivity index (χ0v) is 15.8. The zero-order valence-electron chi connectivity index (χ0n) is 15.8. The van der Waals surface area contributed by atoms with Crippen molar-refractivity contribution < 1.29 is 13.2 Å². The molecule has 3 aromatic rings. The van der Waals surface area contributed by atoms with Crippen LogP contribution in [0.1, 0.15) is 28.1 Å². The van der Waals surface area contributed by atoms with Crippen molar-refractivity contribution in [3.05, 3.63) is 77.0 Å². The van der Waals surface area contributed by atoms with Crippen molar-refractivity contribution in [1.29, 1.82) is 5.26 Å². The standard InChI is InChI=1S/C21H17F3N6/c22-21(23,24)19-5-4-15(10-26-19)11-27-20-17-12-30(7-6-18(17)28-13-29-20)16-3-1-2-14(8-16)9-25/h1-5,8,10,13H,6-7,11-12H2,(H,27,28,29). The summed E-state index contributed by atoms with van der Waals surface area (Å²) in [6.07, 6.45) is -1.03. The Morgan fingerprint density at radius 2 is 2.00 bits per heavy atom. The maximum absolute atomic E-state index is 12.7. The minimum absolute atomic E-state index is 0.290. The Labute approximate surface area is 171 Å². The van der Waals surface area contributed by atoms with E-state index in [4.69, 9.17) is 5.26 Å². The molecular formula is C21H17F3N6. The Bertz CT molecular complexity index is 1090. The number of aromatic nitrogens is 3. The second-order valence-corrected chi connectivity index (χ2v) is 6.88. The molecule has 0 spiro atoms. The molecule has 9 heteroatoms. The van der Waals surface area contributed by atoms with Gasteiger partial charge in [-0.2, -0.15) is 18.4 Å². The Morgan fingerprint density at radius 1 is 1.13 bits per heavy atom. The third kappa shape index (κ3) is 4.17. The highest BCUT2D eigenvalue weighted by atomic mass is 19.4. The van der Waals surface area contributed by atoms with E-state index >= 15 is 0 Å². The fraction of sp³-hybridized carbons (Fsp3) is 0.238. The average Bonchev–Trinajstić information content (AvgIpc) is 2.77. The van der Waals surface area contributed by atoms with E-state index in [1.165, 1.54) is 18.6 Å². The first-order valence-corrected chi connectivity index (χ1v) is 9.28. The van der Waals surface area contributed by atoms with E-state index in [-0.39, 0.29) is 0 Å². The van der Waals surface area contributed by atoms with E-state index in [2.05, 4.69) is 31.2 Å². The van der Waals surface area contributed by atoms with Gasteiger partial charge in [-0.15, -0.1) is 0 Å². The molecule has 0 atom stereocenters. The number of halogens is 3. The van der Waals surface area contributed by atoms with Gasteiger partial charge in [0, 0.05) is 43.5 Å². The maximum Gasteiger partial charge on any atom is 0.433 e. The number of benzene rings is 1. The van der Waals surface area contributed by atoms with Gasteiger partial charge >= 0.3 is 6.18 Å². The molecule has 0 radical (unpaired) electrons. The fourth-order valence-electron chi connectivity index (χ4n) is 3.37. The minimum Gasteiger partial charge on any atom is -0.367 e. The van der Waals surface area contributed by atoms with Gasteiger partial charge in [-0.05, 0) is 29.8 Å². The van der Waals surface area contributed by atoms with Crippen LogP contribution in [0.4, 0.5) is 24.7 Å². The summed E-state index contributed by atoms with van der Waals surface area (Å²) in [6.45, 7) is 1.62. The molecule has 30 heavy (non-hydrogen) atoms. The number of fused-ring (bicyclic) bond motifs is 1. The molecule has 4 rings (SSSR count). The van der Waals surface area contributed by atoms with E-state index < -0.39 is 11.9 Å². The molecular weight excluding hydrogens is 393 g/mol. The molecule has 6 nitrogen and oxygen atoms in total. The van der Waals surface area contributed by atoms with Crippen LogP contribution in [0.15, 0.2) is 48.9 Å². The molecule has 0 fully saturated rings. The van der Waals surface area contributed by atoms with Crippen LogP contribution in [0, 0.1) is 11.3 Å². The van der Waals surface area contributed by atoms with Gasteiger partial charge in [0.25, 0.3) is 0 Å². The van der Waals surface area contributed by atoms with Gasteiger partial charge in [0.1, 0.15) is 17.8 Å². The summed E-state index contributed by atoms with van der Waals surface area (Å²) in [7, 11) is 0. The lowest BCUT2D eigenvalue weighted by atomic mass is 10.0. The van der Waals surface area contributed by atoms with E-state index in [9.17, 15) is 13.2 Å². The van der Waals surface area contributed by atoms with Crippen molar-refractivity contribution in [3.8, 4) is 6.07 Å². The van der Waals surface area contributed by atoms with Crippen molar-refractivity contribution in [3.63, 3.8) is 0 Å². The number of hydrogen-bond donors (Lipinski definition) is 1. The number of pyridine rings is 1. The Kier molecular flexibility index (Phi) is 5.23. The topological polar surface area (TPSA) is 77.7 Å². The molecule has 1 aliphatic heterocycles. The lowest BCUT2D eigenvalue weighted by Gasteiger charge is -2.31. The van der Waals surface area contributed by atoms with Crippen LogP contribution < -0.4 is 10.2 Å². The van der Waals surface area contributed by atoms with Crippen molar-refractivity contribution >= 4 is 11.5 Å². The Balaban J connectivity index is 1.51. The number of nitrogens with one attached hydrogen (secondary N) is 1. The molecule has 1 N–H and O–H groups in total. The lowest BCUT2D eigenvalue weighted by molar-refractivity contribution is -0.141. The number of nitriles is 1. The number of hydrogen-bond acceptors (Lipinski definition) is 6. The highest BCUT2D eigenvalue weighted by molar-refractivity contribution is 5.56. The highest BCUT2D eigenvalue weighted by Gasteiger charge is 2.32. The lowest BCUT2D eigenvalue weighted by Crippen LogP contribution is -2.32. The summed E-state index contributed by atoms with van der Waals surface area (Å²) < 4.78 is 38.0. The normalized spacial score (nSPS) is 13.5. The molecule has 0 saturated heterocycles. The first-order valence-electron chi connectivity index (χ1n) is 9.28. The molecule has 2 aromatic heterocycles. The van der Waals surface area contributed by atoms with Gasteiger partial charge in [0.2, 0.25) is 0 Å². The van der Waals surface area contributed by atoms with E-state index in [0.717, 1.165) is 36.0 Å². The largest absolute Gasteiger partial charge is 0.433 e. The number of rotatable bonds is 4. The van der Waals surface area contributed by atoms with Crippen LogP contribution in [-0.2, 0) is 25.7 Å². The predicted octanol–water partition coefficient (Wildman–Crippen LogP) is 3.94. The number of nitrogens with zero attached hydrogens (tertiary/aromatic N) is 5. The van der Waals surface area contributed by atoms with Gasteiger partial charge in [-0.25, -0.2) is 9.97 Å². The smallest absolute Gasteiger partial charge is 0.367 e. The van der Waals surface area contributed by atoms with Gasteiger partial charge < -0.3 is 10.2 Å². The van der Waals surface area contributed by atoms with Crippen LogP contribution >= 0.6 is 0 Å². The minimum atomic E-state index is -4.45. The SMILES string of the molecule is N#Cc1cccc(N2CCc3ncnc(NCc4ccc(C(F)(F)F)nc4)c3C2)c1. The number of alkyl halides is 3. The van der Waals surface area contributed by atoms with Crippen molar-refractivity contribution in [2.45, 2.75) is 25.7 Å². The Morgan fingerprint density at radius 3 is 2.73 bits per heavy atom. The summed E-state index contributed by atoms with van der Waals surface area (Å²) in [5.74, 6) is 0.640. The molecule has 3 heterocycles. The fourth-order valence-corrected chi connectivity index (χ4v) is 3.37. The van der Waals surface area contributed by atoms with Crippen LogP contribution in [-0.4, -0.2) is 21.5 Å². The second-order valence-electron chi connectivity index (χ2n) is 6.88. The van der Waals surface area contributed by atoms with Crippen LogP contribution in [0.2, 0.25) is 0 Å². The highest BCUT2D eigenvalue weighted by Crippen LogP contribution is 2.29. The summed E-state index contributed by atoms with van der Waals surface area (Å²) in [5, 5.41) is 12.3. The third-order valence-electron chi connectivity index (χ3n) is 4.92. The van der Waals surface area contributed by atoms with E-state index in [1.54, 1.807) is 6.07 Å². The number of anilines is 2. The molecule has 1 aromatic carbocycles. The van der Waals surface area contributed by atoms with Crippen LogP contribution in [0.5, 0.6) is 0 Å². The molecule has 152 valence electrons. The molecule has 0 amide bonds. The Hall–Kier alpha value is -3.67. The van der Waals surface area contributed by atoms with Crippen LogP contribution in [0.25, 0.3) is 0 Å². The van der Waals surface area contributed by atoms with Crippen LogP contribution in [0.3, 0.4) is 0 Å². The summed E-state index contributed by atoms with van der Waals surface area (Å²) in [6, 6.07) is 11.9. The molecule has 0 saturated carbocycles. The summed E-state index contributed by atoms with van der Waals surface area (Å²) in [4.78, 5) is 14.3. The first-order chi connectivity index (χ1) is 14.4. The van der Waals surface area contributed by atoms with E-state index in [0.29, 0.717) is 30.0 Å². The zero-order chi connectivity index (χ0) is 21.1. The first kappa shape index (κ1) is 19.6. The summed E-state index contributed by atoms with van der Waals surface area (Å²) in [5.41, 5.74) is 3.11. The molecule has 0 unspecified atom stereocenters. The third-order valence-corrected chi connectivity index (χ3v) is 4.92. The van der Waals surface area contributed by atoms with Gasteiger partial charge in [-0.3, -0.25) is 4.98 Å². The predicted molar refractivity (Wildman–Crippen MR) is 105 cm³/mol. The molecule has 0 aliphatic carbocycles. The quantitative estimate of drug-likeness (QED) is 0.702. The monoisotopic (exact) mass is 410 g/mol. The maximum atomic E-state index is 12.7. The van der Waals surface area contributed by atoms with E-state index in [1.807, 2.05) is 18.2 Å². The molecule has 1 aliphatic rings. The van der Waals surface area contributed by atoms with Gasteiger partial charge in [-0.1, -0.05) is 12.1 Å². The van der Waals surface area contributed by atoms with Crippen molar-refractivity contribution in [1.82, 2.24) is 15.0 Å². The van der Waals surface area contributed by atoms with Crippen molar-refractivity contribution in [2.24, 2.45) is 0 Å². The molecule has 0 bridgehead atoms. The van der Waals surface area contributed by atoms with Crippen molar-refractivity contribution in [2.75, 3.05) is 16.8 Å². The average molecular weight is 410 g/mol. The van der Waals surface area contributed by atoms with Gasteiger partial charge in [0.15, 0.2) is 0 Å². The summed E-state index contributed by atoms with van der Waals surface area (Å²) >= 11 is 0. The second kappa shape index (κ2) is 7.99.